The smallest absolute Gasteiger partial charge is 0.115 e. The zero-order chi connectivity index (χ0) is 13.2. The average molecular weight is 242 g/mol. The quantitative estimate of drug-likeness (QED) is 0.825. The Bertz CT molecular complexity index is 417. The molecule has 0 aliphatic rings. The molecule has 1 heteroatoms. The predicted molar refractivity (Wildman–Crippen MR) is 77.9 cm³/mol. The van der Waals surface area contributed by atoms with Crippen LogP contribution >= 0.6 is 0 Å². The number of unbranched alkanes of at least 4 members (excludes halogenated alkanes) is 1. The fourth-order valence-corrected chi connectivity index (χ4v) is 1.56. The summed E-state index contributed by atoms with van der Waals surface area (Å²) in [4.78, 5) is 0. The lowest BCUT2D eigenvalue weighted by atomic mass is 10.1. The summed E-state index contributed by atoms with van der Waals surface area (Å²) in [6, 6.07) is 17.5. The van der Waals surface area contributed by atoms with Crippen molar-refractivity contribution < 1.29 is 5.11 Å². The largest absolute Gasteiger partial charge is 0.508 e. The zero-order valence-electron chi connectivity index (χ0n) is 11.3. The molecule has 0 amide bonds. The van der Waals surface area contributed by atoms with Crippen molar-refractivity contribution in [1.82, 2.24) is 0 Å². The molecule has 96 valence electrons. The van der Waals surface area contributed by atoms with Gasteiger partial charge < -0.3 is 5.11 Å². The van der Waals surface area contributed by atoms with Crippen molar-refractivity contribution in [2.75, 3.05) is 0 Å². The molecule has 0 atom stereocenters. The molecular weight excluding hydrogens is 220 g/mol. The van der Waals surface area contributed by atoms with Gasteiger partial charge in [0.2, 0.25) is 0 Å². The summed E-state index contributed by atoms with van der Waals surface area (Å²) in [5.41, 5.74) is 2.82. The fraction of sp³-hybridized carbons (Fsp3) is 0.294. The molecule has 2 aromatic carbocycles. The molecule has 2 aromatic rings. The molecule has 0 spiro atoms. The summed E-state index contributed by atoms with van der Waals surface area (Å²) in [5.74, 6) is 0.322. The Labute approximate surface area is 110 Å². The lowest BCUT2D eigenvalue weighted by Gasteiger charge is -1.99. The number of rotatable bonds is 3. The van der Waals surface area contributed by atoms with E-state index in [1.54, 1.807) is 24.3 Å². The molecule has 1 N–H and O–H groups in total. The second kappa shape index (κ2) is 8.35. The van der Waals surface area contributed by atoms with Crippen molar-refractivity contribution >= 4 is 0 Å². The summed E-state index contributed by atoms with van der Waals surface area (Å²) in [5, 5.41) is 8.63. The number of phenolic OH excluding ortho intramolecular Hbond substituents is 1. The van der Waals surface area contributed by atoms with Crippen LogP contribution in [-0.2, 0) is 6.42 Å². The lowest BCUT2D eigenvalue weighted by molar-refractivity contribution is 0.475. The maximum Gasteiger partial charge on any atom is 0.115 e. The van der Waals surface area contributed by atoms with Crippen molar-refractivity contribution in [3.63, 3.8) is 0 Å². The first-order valence-corrected chi connectivity index (χ1v) is 6.52. The SMILES string of the molecule is CCCCc1ccc(C)cc1.Oc1ccccc1. The zero-order valence-corrected chi connectivity index (χ0v) is 11.3. The van der Waals surface area contributed by atoms with Gasteiger partial charge in [0.05, 0.1) is 0 Å². The maximum absolute atomic E-state index is 8.63. The highest BCUT2D eigenvalue weighted by molar-refractivity contribution is 5.21. The first-order valence-electron chi connectivity index (χ1n) is 6.52. The van der Waals surface area contributed by atoms with Gasteiger partial charge in [-0.2, -0.15) is 0 Å². The maximum atomic E-state index is 8.63. The van der Waals surface area contributed by atoms with Crippen molar-refractivity contribution in [2.45, 2.75) is 33.1 Å². The topological polar surface area (TPSA) is 20.2 Å². The van der Waals surface area contributed by atoms with E-state index in [9.17, 15) is 0 Å². The molecule has 0 saturated heterocycles. The molecular formula is C17H22O. The van der Waals surface area contributed by atoms with Crippen LogP contribution in [0.2, 0.25) is 0 Å². The summed E-state index contributed by atoms with van der Waals surface area (Å²) in [6.45, 7) is 4.36. The van der Waals surface area contributed by atoms with E-state index in [-0.39, 0.29) is 0 Å². The number of hydrogen-bond donors (Lipinski definition) is 1. The molecule has 18 heavy (non-hydrogen) atoms. The number of hydrogen-bond acceptors (Lipinski definition) is 1. The number of aromatic hydroxyl groups is 1. The van der Waals surface area contributed by atoms with Crippen LogP contribution in [0.15, 0.2) is 54.6 Å². The number of aryl methyl sites for hydroxylation is 2. The summed E-state index contributed by atoms with van der Waals surface area (Å²) >= 11 is 0. The Morgan fingerprint density at radius 2 is 1.50 bits per heavy atom. The van der Waals surface area contributed by atoms with Gasteiger partial charge in [-0.25, -0.2) is 0 Å². The summed E-state index contributed by atoms with van der Waals surface area (Å²) < 4.78 is 0. The normalized spacial score (nSPS) is 9.44. The minimum absolute atomic E-state index is 0.322. The van der Waals surface area contributed by atoms with Gasteiger partial charge in [0, 0.05) is 0 Å². The molecule has 0 saturated carbocycles. The van der Waals surface area contributed by atoms with Gasteiger partial charge in [-0.15, -0.1) is 0 Å². The number of para-hydroxylation sites is 1. The highest BCUT2D eigenvalue weighted by Crippen LogP contribution is 2.06. The molecule has 0 aromatic heterocycles. The number of benzene rings is 2. The van der Waals surface area contributed by atoms with Crippen LogP contribution in [0.3, 0.4) is 0 Å². The average Bonchev–Trinajstić information content (AvgIpc) is 2.40. The van der Waals surface area contributed by atoms with Crippen molar-refractivity contribution in [2.24, 2.45) is 0 Å². The van der Waals surface area contributed by atoms with Crippen LogP contribution in [-0.4, -0.2) is 5.11 Å². The second-order valence-corrected chi connectivity index (χ2v) is 4.42. The monoisotopic (exact) mass is 242 g/mol. The molecule has 0 bridgehead atoms. The van der Waals surface area contributed by atoms with Crippen LogP contribution < -0.4 is 0 Å². The Balaban J connectivity index is 0.000000199. The van der Waals surface area contributed by atoms with E-state index < -0.39 is 0 Å². The van der Waals surface area contributed by atoms with Gasteiger partial charge in [0.25, 0.3) is 0 Å². The first kappa shape index (κ1) is 14.3. The fourth-order valence-electron chi connectivity index (χ4n) is 1.56. The van der Waals surface area contributed by atoms with E-state index in [0.29, 0.717) is 5.75 Å². The Kier molecular flexibility index (Phi) is 6.63. The van der Waals surface area contributed by atoms with E-state index in [2.05, 4.69) is 38.1 Å². The third kappa shape index (κ3) is 6.09. The predicted octanol–water partition coefficient (Wildman–Crippen LogP) is 4.73. The summed E-state index contributed by atoms with van der Waals surface area (Å²) in [6.07, 6.45) is 3.83. The Hall–Kier alpha value is -1.76. The third-order valence-corrected chi connectivity index (χ3v) is 2.70. The first-order chi connectivity index (χ1) is 8.72. The van der Waals surface area contributed by atoms with E-state index in [1.165, 1.54) is 30.4 Å². The van der Waals surface area contributed by atoms with Crippen molar-refractivity contribution in [3.05, 3.63) is 65.7 Å². The van der Waals surface area contributed by atoms with E-state index >= 15 is 0 Å². The number of phenols is 1. The molecule has 0 aliphatic carbocycles. The molecule has 0 radical (unpaired) electrons. The lowest BCUT2D eigenvalue weighted by Crippen LogP contribution is -1.83. The van der Waals surface area contributed by atoms with Crippen LogP contribution in [0.5, 0.6) is 5.75 Å². The van der Waals surface area contributed by atoms with Crippen LogP contribution in [0.1, 0.15) is 30.9 Å². The standard InChI is InChI=1S/C11H16.C6H6O/c1-3-4-5-11-8-6-10(2)7-9-11;7-6-4-2-1-3-5-6/h6-9H,3-5H2,1-2H3;1-5,7H. The van der Waals surface area contributed by atoms with Crippen LogP contribution in [0.4, 0.5) is 0 Å². The molecule has 0 aliphatic heterocycles. The second-order valence-electron chi connectivity index (χ2n) is 4.42. The van der Waals surface area contributed by atoms with Crippen LogP contribution in [0, 0.1) is 6.92 Å². The van der Waals surface area contributed by atoms with E-state index in [0.717, 1.165) is 0 Å². The van der Waals surface area contributed by atoms with E-state index in [1.807, 2.05) is 6.07 Å². The van der Waals surface area contributed by atoms with Gasteiger partial charge in [-0.3, -0.25) is 0 Å². The summed E-state index contributed by atoms with van der Waals surface area (Å²) in [7, 11) is 0. The minimum Gasteiger partial charge on any atom is -0.508 e. The van der Waals surface area contributed by atoms with Gasteiger partial charge in [-0.1, -0.05) is 61.4 Å². The molecule has 2 rings (SSSR count). The molecule has 0 heterocycles. The molecule has 0 fully saturated rings. The van der Waals surface area contributed by atoms with Gasteiger partial charge in [0.1, 0.15) is 5.75 Å². The molecule has 0 unspecified atom stereocenters. The van der Waals surface area contributed by atoms with Gasteiger partial charge in [0.15, 0.2) is 0 Å². The third-order valence-electron chi connectivity index (χ3n) is 2.70. The van der Waals surface area contributed by atoms with Gasteiger partial charge in [-0.05, 0) is 37.5 Å². The highest BCUT2D eigenvalue weighted by atomic mass is 16.3. The van der Waals surface area contributed by atoms with Crippen LogP contribution in [0.25, 0.3) is 0 Å². The van der Waals surface area contributed by atoms with Gasteiger partial charge >= 0.3 is 0 Å². The van der Waals surface area contributed by atoms with E-state index in [4.69, 9.17) is 5.11 Å². The Morgan fingerprint density at radius 1 is 0.889 bits per heavy atom. The Morgan fingerprint density at radius 3 is 1.94 bits per heavy atom. The van der Waals surface area contributed by atoms with Crippen molar-refractivity contribution in [1.29, 1.82) is 0 Å². The van der Waals surface area contributed by atoms with Crippen molar-refractivity contribution in [3.8, 4) is 5.75 Å². The minimum atomic E-state index is 0.322. The highest BCUT2D eigenvalue weighted by Gasteiger charge is 1.90. The molecule has 1 nitrogen and oxygen atoms in total.